The Labute approximate surface area is 308 Å². The topological polar surface area (TPSA) is 104 Å². The van der Waals surface area contributed by atoms with Crippen LogP contribution in [0.25, 0.3) is 11.4 Å². The number of hydrogen-bond donors (Lipinski definition) is 0. The molecule has 0 fully saturated rings. The van der Waals surface area contributed by atoms with E-state index >= 15 is 0 Å². The van der Waals surface area contributed by atoms with Gasteiger partial charge in [0.15, 0.2) is 0 Å². The van der Waals surface area contributed by atoms with E-state index in [2.05, 4.69) is 133 Å². The fourth-order valence-corrected chi connectivity index (χ4v) is 6.11. The van der Waals surface area contributed by atoms with Crippen molar-refractivity contribution < 1.29 is 0 Å². The van der Waals surface area contributed by atoms with Gasteiger partial charge in [-0.3, -0.25) is 9.80 Å². The Morgan fingerprint density at radius 3 is 0.923 bits per heavy atom. The van der Waals surface area contributed by atoms with Crippen molar-refractivity contribution in [1.29, 1.82) is 0 Å². The smallest absolute Gasteiger partial charge is 0.0952 e. The highest BCUT2D eigenvalue weighted by Gasteiger charge is 2.17. The lowest BCUT2D eigenvalue weighted by molar-refractivity contribution is 0.239. The average Bonchev–Trinajstić information content (AvgIpc) is 3.93. The summed E-state index contributed by atoms with van der Waals surface area (Å²) < 4.78 is 8.60. The summed E-state index contributed by atoms with van der Waals surface area (Å²) in [5.41, 5.74) is 7.76. The second-order valence-corrected chi connectivity index (χ2v) is 14.9. The SMILES string of the molecule is CC(C)n1cnc(CN(Cc2cn(C(C)C)cn2)Cc2cccc(-c3cccc(CN(Cc4cn(C(C)C)cn4)Cc4cn(C(C)C)cn4)n3)n2)c1. The van der Waals surface area contributed by atoms with Crippen LogP contribution in [0.3, 0.4) is 0 Å². The Morgan fingerprint density at radius 2 is 0.673 bits per heavy atom. The number of rotatable bonds is 17. The number of imidazole rings is 4. The Bertz CT molecular complexity index is 1770. The van der Waals surface area contributed by atoms with Crippen molar-refractivity contribution in [2.75, 3.05) is 0 Å². The van der Waals surface area contributed by atoms with Gasteiger partial charge in [-0.2, -0.15) is 0 Å². The second-order valence-electron chi connectivity index (χ2n) is 14.9. The lowest BCUT2D eigenvalue weighted by atomic mass is 10.2. The van der Waals surface area contributed by atoms with Gasteiger partial charge in [0.05, 0.1) is 70.9 Å². The number of nitrogens with zero attached hydrogens (tertiary/aromatic N) is 12. The summed E-state index contributed by atoms with van der Waals surface area (Å²) in [7, 11) is 0. The average molecular weight is 703 g/mol. The van der Waals surface area contributed by atoms with E-state index in [-0.39, 0.29) is 0 Å². The van der Waals surface area contributed by atoms with Gasteiger partial charge in [0.25, 0.3) is 0 Å². The van der Waals surface area contributed by atoms with E-state index in [9.17, 15) is 0 Å². The van der Waals surface area contributed by atoms with Gasteiger partial charge in [-0.1, -0.05) is 12.1 Å². The Balaban J connectivity index is 1.21. The first-order valence-corrected chi connectivity index (χ1v) is 18.5. The van der Waals surface area contributed by atoms with E-state index in [0.717, 1.165) is 45.6 Å². The number of hydrogen-bond acceptors (Lipinski definition) is 8. The molecule has 0 unspecified atom stereocenters. The molecule has 0 aliphatic rings. The molecule has 6 heterocycles. The predicted octanol–water partition coefficient (Wildman–Crippen LogP) is 7.66. The van der Waals surface area contributed by atoms with Crippen LogP contribution in [-0.2, 0) is 39.3 Å². The van der Waals surface area contributed by atoms with Gasteiger partial charge in [-0.15, -0.1) is 0 Å². The summed E-state index contributed by atoms with van der Waals surface area (Å²) in [5, 5.41) is 0. The van der Waals surface area contributed by atoms with E-state index in [0.29, 0.717) is 63.4 Å². The maximum Gasteiger partial charge on any atom is 0.0952 e. The van der Waals surface area contributed by atoms with Gasteiger partial charge in [0, 0.05) is 88.2 Å². The zero-order valence-corrected chi connectivity index (χ0v) is 32.0. The molecule has 0 aromatic carbocycles. The van der Waals surface area contributed by atoms with Crippen molar-refractivity contribution in [3.63, 3.8) is 0 Å². The first-order valence-electron chi connectivity index (χ1n) is 18.5. The molecule has 12 nitrogen and oxygen atoms in total. The highest BCUT2D eigenvalue weighted by Crippen LogP contribution is 2.21. The number of aromatic nitrogens is 10. The van der Waals surface area contributed by atoms with Gasteiger partial charge >= 0.3 is 0 Å². The quantitative estimate of drug-likeness (QED) is 0.0955. The van der Waals surface area contributed by atoms with Crippen molar-refractivity contribution in [1.82, 2.24) is 58.0 Å². The normalized spacial score (nSPS) is 12.2. The summed E-state index contributed by atoms with van der Waals surface area (Å²) >= 11 is 0. The monoisotopic (exact) mass is 702 g/mol. The van der Waals surface area contributed by atoms with Crippen LogP contribution in [0.1, 0.15) is 114 Å². The van der Waals surface area contributed by atoms with Crippen LogP contribution in [0.4, 0.5) is 0 Å². The molecule has 0 saturated carbocycles. The molecule has 0 bridgehead atoms. The fraction of sp³-hybridized carbons (Fsp3) is 0.450. The van der Waals surface area contributed by atoms with E-state index in [4.69, 9.17) is 29.9 Å². The maximum atomic E-state index is 5.13. The molecule has 0 saturated heterocycles. The van der Waals surface area contributed by atoms with Crippen LogP contribution in [0.2, 0.25) is 0 Å². The number of pyridine rings is 2. The molecule has 0 aliphatic carbocycles. The molecule has 52 heavy (non-hydrogen) atoms. The maximum absolute atomic E-state index is 5.13. The summed E-state index contributed by atoms with van der Waals surface area (Å²) in [6, 6.07) is 13.9. The minimum absolute atomic E-state index is 0.359. The third-order valence-corrected chi connectivity index (χ3v) is 9.19. The first kappa shape index (κ1) is 36.8. The minimum atomic E-state index is 0.359. The van der Waals surface area contributed by atoms with Crippen LogP contribution in [0.5, 0.6) is 0 Å². The highest BCUT2D eigenvalue weighted by atomic mass is 15.2. The highest BCUT2D eigenvalue weighted by molar-refractivity contribution is 5.54. The van der Waals surface area contributed by atoms with E-state index < -0.39 is 0 Å². The molecule has 6 rings (SSSR count). The zero-order valence-electron chi connectivity index (χ0n) is 32.0. The molecule has 6 aromatic heterocycles. The largest absolute Gasteiger partial charge is 0.335 e. The van der Waals surface area contributed by atoms with Crippen LogP contribution >= 0.6 is 0 Å². The third-order valence-electron chi connectivity index (χ3n) is 9.19. The Morgan fingerprint density at radius 1 is 0.404 bits per heavy atom. The van der Waals surface area contributed by atoms with Crippen molar-refractivity contribution >= 4 is 0 Å². The fourth-order valence-electron chi connectivity index (χ4n) is 6.11. The van der Waals surface area contributed by atoms with Gasteiger partial charge in [0.2, 0.25) is 0 Å². The van der Waals surface area contributed by atoms with E-state index in [1.165, 1.54) is 0 Å². The van der Waals surface area contributed by atoms with Gasteiger partial charge in [0.1, 0.15) is 0 Å². The van der Waals surface area contributed by atoms with Crippen molar-refractivity contribution in [2.45, 2.75) is 119 Å². The summed E-state index contributed by atoms with van der Waals surface area (Å²) in [4.78, 5) is 33.8. The summed E-state index contributed by atoms with van der Waals surface area (Å²) in [6.45, 7) is 21.4. The van der Waals surface area contributed by atoms with E-state index in [1.807, 2.05) is 37.4 Å². The van der Waals surface area contributed by atoms with Crippen LogP contribution < -0.4 is 0 Å². The van der Waals surface area contributed by atoms with Gasteiger partial charge in [-0.25, -0.2) is 29.9 Å². The molecule has 0 aliphatic heterocycles. The molecule has 0 amide bonds. The standard InChI is InChI=1S/C40H54N12/c1-29(2)49-21-35(41-25-49)17-47(18-36-22-50(26-42-36)30(3)4)15-33-11-9-13-39(45-33)40-14-10-12-34(46-40)16-48(19-37-23-51(27-43-37)31(5)6)20-38-24-52(28-44-38)32(7)8/h9-14,21-32H,15-20H2,1-8H3. The molecule has 0 radical (unpaired) electrons. The molecule has 274 valence electrons. The second kappa shape index (κ2) is 16.6. The van der Waals surface area contributed by atoms with Crippen molar-refractivity contribution in [2.24, 2.45) is 0 Å². The van der Waals surface area contributed by atoms with Gasteiger partial charge in [-0.05, 0) is 79.7 Å². The molecule has 6 aromatic rings. The third kappa shape index (κ3) is 9.68. The molecular formula is C40H54N12. The van der Waals surface area contributed by atoms with Crippen LogP contribution in [0, 0.1) is 0 Å². The van der Waals surface area contributed by atoms with Gasteiger partial charge < -0.3 is 18.3 Å². The molecule has 0 N–H and O–H groups in total. The molecular weight excluding hydrogens is 649 g/mol. The summed E-state index contributed by atoms with van der Waals surface area (Å²) in [5.74, 6) is 0. The van der Waals surface area contributed by atoms with Crippen molar-refractivity contribution in [3.05, 3.63) is 121 Å². The lowest BCUT2D eigenvalue weighted by Gasteiger charge is -2.21. The lowest BCUT2D eigenvalue weighted by Crippen LogP contribution is -2.24. The van der Waals surface area contributed by atoms with Crippen LogP contribution in [-0.4, -0.2) is 58.0 Å². The van der Waals surface area contributed by atoms with E-state index in [1.54, 1.807) is 0 Å². The predicted molar refractivity (Wildman–Crippen MR) is 204 cm³/mol. The van der Waals surface area contributed by atoms with Crippen molar-refractivity contribution in [3.8, 4) is 11.4 Å². The summed E-state index contributed by atoms with van der Waals surface area (Å²) in [6.07, 6.45) is 16.2. The molecule has 0 spiro atoms. The first-order chi connectivity index (χ1) is 25.0. The Hall–Kier alpha value is -4.94. The Kier molecular flexibility index (Phi) is 11.8. The molecule has 12 heteroatoms. The molecule has 0 atom stereocenters. The van der Waals surface area contributed by atoms with Crippen LogP contribution in [0.15, 0.2) is 86.5 Å². The minimum Gasteiger partial charge on any atom is -0.335 e. The zero-order chi connectivity index (χ0) is 36.8.